The number of Topliss-reactive ketones (excluding diaryl/α,β-unsaturated/α-hetero) is 1. The van der Waals surface area contributed by atoms with E-state index in [-0.39, 0.29) is 0 Å². The smallest absolute Gasteiger partial charge is 0.181 e. The fourth-order valence-corrected chi connectivity index (χ4v) is 2.96. The van der Waals surface area contributed by atoms with Crippen LogP contribution in [-0.4, -0.2) is 10.8 Å². The lowest BCUT2D eigenvalue weighted by atomic mass is 9.86. The van der Waals surface area contributed by atoms with E-state index in [1.165, 1.54) is 38.5 Å². The standard InChI is InChI=1S/C17H25NO2/c1-2-3-8-14-9-6-4-5-7-10-17(19)16(14)11-15-12-20-13-18-15/h11-14H,2-10H2,1H3/b16-11-/t14-/m0/s1. The van der Waals surface area contributed by atoms with Crippen LogP contribution in [0.25, 0.3) is 6.08 Å². The Morgan fingerprint density at radius 1 is 1.35 bits per heavy atom. The number of aromatic nitrogens is 1. The Morgan fingerprint density at radius 2 is 2.20 bits per heavy atom. The van der Waals surface area contributed by atoms with Gasteiger partial charge in [-0.25, -0.2) is 4.98 Å². The third kappa shape index (κ3) is 4.32. The molecular weight excluding hydrogens is 250 g/mol. The van der Waals surface area contributed by atoms with Gasteiger partial charge in [0.15, 0.2) is 12.2 Å². The molecule has 1 atom stereocenters. The molecule has 1 heterocycles. The number of hydrogen-bond donors (Lipinski definition) is 0. The second kappa shape index (κ2) is 8.03. The molecule has 0 N–H and O–H groups in total. The molecular formula is C17H25NO2. The van der Waals surface area contributed by atoms with Gasteiger partial charge in [-0.05, 0) is 31.3 Å². The zero-order valence-electron chi connectivity index (χ0n) is 12.4. The Bertz CT molecular complexity index is 434. The van der Waals surface area contributed by atoms with Gasteiger partial charge in [0, 0.05) is 12.0 Å². The molecule has 1 aromatic rings. The van der Waals surface area contributed by atoms with E-state index in [1.54, 1.807) is 6.26 Å². The Labute approximate surface area is 121 Å². The minimum absolute atomic E-state index is 0.316. The fraction of sp³-hybridized carbons (Fsp3) is 0.647. The number of carbonyl (C=O) groups excluding carboxylic acids is 1. The first-order valence-electron chi connectivity index (χ1n) is 7.94. The number of hydrogen-bond acceptors (Lipinski definition) is 3. The molecule has 0 radical (unpaired) electrons. The highest BCUT2D eigenvalue weighted by Crippen LogP contribution is 2.30. The Hall–Kier alpha value is -1.38. The van der Waals surface area contributed by atoms with Crippen LogP contribution in [0.1, 0.15) is 70.4 Å². The highest BCUT2D eigenvalue weighted by atomic mass is 16.3. The molecule has 0 spiro atoms. The zero-order valence-corrected chi connectivity index (χ0v) is 12.4. The Kier molecular flexibility index (Phi) is 6.03. The van der Waals surface area contributed by atoms with Crippen LogP contribution in [-0.2, 0) is 4.79 Å². The van der Waals surface area contributed by atoms with Crippen molar-refractivity contribution in [2.75, 3.05) is 0 Å². The summed E-state index contributed by atoms with van der Waals surface area (Å²) < 4.78 is 5.02. The molecule has 3 heteroatoms. The molecule has 20 heavy (non-hydrogen) atoms. The molecule has 1 fully saturated rings. The maximum absolute atomic E-state index is 12.5. The minimum atomic E-state index is 0.316. The summed E-state index contributed by atoms with van der Waals surface area (Å²) in [5.41, 5.74) is 1.75. The van der Waals surface area contributed by atoms with Crippen LogP contribution >= 0.6 is 0 Å². The summed E-state index contributed by atoms with van der Waals surface area (Å²) in [6, 6.07) is 0. The third-order valence-electron chi connectivity index (χ3n) is 4.13. The van der Waals surface area contributed by atoms with Crippen molar-refractivity contribution in [3.63, 3.8) is 0 Å². The van der Waals surface area contributed by atoms with Crippen molar-refractivity contribution in [3.05, 3.63) is 23.9 Å². The normalized spacial score (nSPS) is 23.4. The van der Waals surface area contributed by atoms with Gasteiger partial charge in [0.2, 0.25) is 0 Å². The van der Waals surface area contributed by atoms with Gasteiger partial charge in [-0.15, -0.1) is 0 Å². The van der Waals surface area contributed by atoms with Crippen LogP contribution in [0.5, 0.6) is 0 Å². The average molecular weight is 275 g/mol. The van der Waals surface area contributed by atoms with Crippen molar-refractivity contribution < 1.29 is 9.21 Å². The average Bonchev–Trinajstić information content (AvgIpc) is 2.97. The molecule has 1 aliphatic carbocycles. The van der Waals surface area contributed by atoms with Gasteiger partial charge >= 0.3 is 0 Å². The molecule has 1 aliphatic rings. The van der Waals surface area contributed by atoms with Gasteiger partial charge < -0.3 is 4.42 Å². The number of rotatable bonds is 4. The van der Waals surface area contributed by atoms with Crippen LogP contribution in [0.2, 0.25) is 0 Å². The largest absolute Gasteiger partial charge is 0.451 e. The van der Waals surface area contributed by atoms with E-state index in [2.05, 4.69) is 11.9 Å². The number of nitrogens with zero attached hydrogens (tertiary/aromatic N) is 1. The van der Waals surface area contributed by atoms with Gasteiger partial charge in [-0.3, -0.25) is 4.79 Å². The summed E-state index contributed by atoms with van der Waals surface area (Å²) in [7, 11) is 0. The molecule has 2 rings (SSSR count). The van der Waals surface area contributed by atoms with Crippen LogP contribution in [0.15, 0.2) is 22.6 Å². The lowest BCUT2D eigenvalue weighted by Gasteiger charge is -2.18. The van der Waals surface area contributed by atoms with E-state index < -0.39 is 0 Å². The second-order valence-electron chi connectivity index (χ2n) is 5.73. The van der Waals surface area contributed by atoms with E-state index in [4.69, 9.17) is 4.42 Å². The molecule has 0 amide bonds. The Morgan fingerprint density at radius 3 is 2.95 bits per heavy atom. The molecule has 0 unspecified atom stereocenters. The van der Waals surface area contributed by atoms with Crippen LogP contribution in [0, 0.1) is 5.92 Å². The monoisotopic (exact) mass is 275 g/mol. The summed E-state index contributed by atoms with van der Waals surface area (Å²) in [6.07, 6.45) is 15.0. The summed E-state index contributed by atoms with van der Waals surface area (Å²) in [5.74, 6) is 0.716. The van der Waals surface area contributed by atoms with Gasteiger partial charge in [0.25, 0.3) is 0 Å². The van der Waals surface area contributed by atoms with E-state index >= 15 is 0 Å². The van der Waals surface area contributed by atoms with Crippen molar-refractivity contribution in [3.8, 4) is 0 Å². The SMILES string of the molecule is CCCC[C@H]1CCCCCCC(=O)/C1=C\c1cocn1. The highest BCUT2D eigenvalue weighted by molar-refractivity contribution is 5.99. The summed E-state index contributed by atoms with van der Waals surface area (Å²) in [5, 5.41) is 0. The first kappa shape index (κ1) is 15.0. The number of unbranched alkanes of at least 4 members (excludes halogenated alkanes) is 1. The van der Waals surface area contributed by atoms with Crippen molar-refractivity contribution in [2.24, 2.45) is 5.92 Å². The van der Waals surface area contributed by atoms with Crippen molar-refractivity contribution in [1.82, 2.24) is 4.98 Å². The first-order chi connectivity index (χ1) is 9.81. The molecule has 3 nitrogen and oxygen atoms in total. The predicted octanol–water partition coefficient (Wildman–Crippen LogP) is 4.79. The molecule has 0 bridgehead atoms. The van der Waals surface area contributed by atoms with Gasteiger partial charge in [-0.1, -0.05) is 39.0 Å². The predicted molar refractivity (Wildman–Crippen MR) is 80.2 cm³/mol. The number of oxazole rings is 1. The first-order valence-corrected chi connectivity index (χ1v) is 7.94. The highest BCUT2D eigenvalue weighted by Gasteiger charge is 2.21. The molecule has 0 saturated heterocycles. The van der Waals surface area contributed by atoms with Crippen molar-refractivity contribution >= 4 is 11.9 Å². The minimum Gasteiger partial charge on any atom is -0.451 e. The molecule has 110 valence electrons. The summed E-state index contributed by atoms with van der Waals surface area (Å²) >= 11 is 0. The van der Waals surface area contributed by atoms with Gasteiger partial charge in [-0.2, -0.15) is 0 Å². The van der Waals surface area contributed by atoms with E-state index in [0.717, 1.165) is 30.5 Å². The topological polar surface area (TPSA) is 43.1 Å². The van der Waals surface area contributed by atoms with Gasteiger partial charge in [0.05, 0.1) is 0 Å². The van der Waals surface area contributed by atoms with E-state index in [9.17, 15) is 4.79 Å². The summed E-state index contributed by atoms with van der Waals surface area (Å²) in [4.78, 5) is 16.6. The second-order valence-corrected chi connectivity index (χ2v) is 5.73. The van der Waals surface area contributed by atoms with E-state index in [1.807, 2.05) is 6.08 Å². The zero-order chi connectivity index (χ0) is 14.2. The lowest BCUT2D eigenvalue weighted by Crippen LogP contribution is -2.13. The molecule has 1 aromatic heterocycles. The Balaban J connectivity index is 2.22. The maximum Gasteiger partial charge on any atom is 0.181 e. The number of allylic oxidation sites excluding steroid dienone is 1. The molecule has 0 aromatic carbocycles. The molecule has 0 aliphatic heterocycles. The van der Waals surface area contributed by atoms with Crippen LogP contribution < -0.4 is 0 Å². The number of carbonyl (C=O) groups is 1. The summed E-state index contributed by atoms with van der Waals surface area (Å²) in [6.45, 7) is 2.21. The van der Waals surface area contributed by atoms with Crippen LogP contribution in [0.3, 0.4) is 0 Å². The van der Waals surface area contributed by atoms with E-state index in [0.29, 0.717) is 18.1 Å². The van der Waals surface area contributed by atoms with Crippen molar-refractivity contribution in [1.29, 1.82) is 0 Å². The third-order valence-corrected chi connectivity index (χ3v) is 4.13. The molecule has 1 saturated carbocycles. The fourth-order valence-electron chi connectivity index (χ4n) is 2.96. The number of ketones is 1. The quantitative estimate of drug-likeness (QED) is 0.742. The lowest BCUT2D eigenvalue weighted by molar-refractivity contribution is -0.116. The van der Waals surface area contributed by atoms with Crippen molar-refractivity contribution in [2.45, 2.75) is 64.7 Å². The van der Waals surface area contributed by atoms with Gasteiger partial charge in [0.1, 0.15) is 12.0 Å². The maximum atomic E-state index is 12.5. The van der Waals surface area contributed by atoms with Crippen LogP contribution in [0.4, 0.5) is 0 Å².